The molecule has 0 radical (unpaired) electrons. The van der Waals surface area contributed by atoms with Crippen LogP contribution in [0.3, 0.4) is 0 Å². The van der Waals surface area contributed by atoms with Crippen LogP contribution in [0, 0.1) is 0 Å². The van der Waals surface area contributed by atoms with E-state index in [0.717, 1.165) is 5.75 Å². The van der Waals surface area contributed by atoms with E-state index in [9.17, 15) is 9.59 Å². The molecule has 0 spiro atoms. The largest absolute Gasteiger partial charge is 0.494 e. The number of carbonyl (C=O) groups excluding carboxylic acids is 2. The van der Waals surface area contributed by atoms with E-state index in [1.54, 1.807) is 18.2 Å². The molecule has 0 aliphatic carbocycles. The lowest BCUT2D eigenvalue weighted by Gasteiger charge is -2.16. The molecule has 0 saturated heterocycles. The van der Waals surface area contributed by atoms with E-state index in [-0.39, 0.29) is 17.9 Å². The van der Waals surface area contributed by atoms with Crippen molar-refractivity contribution in [1.82, 2.24) is 0 Å². The number of ether oxygens (including phenoxy) is 2. The minimum Gasteiger partial charge on any atom is -0.494 e. The number of rotatable bonds is 8. The first-order valence-electron chi connectivity index (χ1n) is 9.72. The Hall–Kier alpha value is -2.73. The van der Waals surface area contributed by atoms with Gasteiger partial charge in [0.2, 0.25) is 0 Å². The van der Waals surface area contributed by atoms with E-state index in [0.29, 0.717) is 39.8 Å². The molecule has 29 heavy (non-hydrogen) atoms. The van der Waals surface area contributed by atoms with Crippen LogP contribution in [0.4, 0.5) is 5.69 Å². The van der Waals surface area contributed by atoms with Crippen LogP contribution >= 0.6 is 11.8 Å². The second-order valence-electron chi connectivity index (χ2n) is 6.70. The Kier molecular flexibility index (Phi) is 6.64. The van der Waals surface area contributed by atoms with Gasteiger partial charge in [0, 0.05) is 6.07 Å². The molecule has 6 heteroatoms. The average molecular weight is 412 g/mol. The topological polar surface area (TPSA) is 55.8 Å². The molecular formula is C23H25NO4S. The van der Waals surface area contributed by atoms with Crippen LogP contribution in [0.2, 0.25) is 0 Å². The second-order valence-corrected chi connectivity index (χ2v) is 7.98. The van der Waals surface area contributed by atoms with Gasteiger partial charge in [-0.2, -0.15) is 0 Å². The van der Waals surface area contributed by atoms with Crippen molar-refractivity contribution < 1.29 is 19.1 Å². The van der Waals surface area contributed by atoms with Gasteiger partial charge in [0.1, 0.15) is 11.5 Å². The number of carbonyl (C=O) groups is 2. The van der Waals surface area contributed by atoms with Crippen LogP contribution in [0.1, 0.15) is 33.3 Å². The molecule has 0 fully saturated rings. The number of amides is 2. The van der Waals surface area contributed by atoms with Gasteiger partial charge in [0.15, 0.2) is 0 Å². The number of thioether (sulfide) groups is 1. The van der Waals surface area contributed by atoms with E-state index in [2.05, 4.69) is 0 Å². The molecule has 1 aliphatic rings. The van der Waals surface area contributed by atoms with Crippen LogP contribution in [0.25, 0.3) is 5.57 Å². The Morgan fingerprint density at radius 1 is 0.966 bits per heavy atom. The molecule has 1 heterocycles. The molecule has 2 aromatic carbocycles. The highest BCUT2D eigenvalue weighted by molar-refractivity contribution is 8.04. The zero-order chi connectivity index (χ0) is 21.0. The summed E-state index contributed by atoms with van der Waals surface area (Å²) in [4.78, 5) is 28.1. The fourth-order valence-electron chi connectivity index (χ4n) is 3.13. The van der Waals surface area contributed by atoms with Crippen molar-refractivity contribution in [2.45, 2.75) is 33.8 Å². The standard InChI is InChI=1S/C23H25NO4S/c1-5-27-19-9-7-8-17(14-19)24-22(25)20(21(23(24)26)29-6-2)16-10-12-18(13-11-16)28-15(3)4/h7-15H,5-6H2,1-4H3. The number of hydrogen-bond acceptors (Lipinski definition) is 5. The van der Waals surface area contributed by atoms with Crippen molar-refractivity contribution in [2.75, 3.05) is 17.3 Å². The molecule has 0 unspecified atom stereocenters. The minimum absolute atomic E-state index is 0.0640. The first kappa shape index (κ1) is 21.0. The van der Waals surface area contributed by atoms with Crippen molar-refractivity contribution in [3.8, 4) is 11.5 Å². The van der Waals surface area contributed by atoms with E-state index < -0.39 is 0 Å². The monoisotopic (exact) mass is 411 g/mol. The van der Waals surface area contributed by atoms with Crippen molar-refractivity contribution in [1.29, 1.82) is 0 Å². The molecule has 0 saturated carbocycles. The number of imide groups is 1. The average Bonchev–Trinajstić information content (AvgIpc) is 2.93. The van der Waals surface area contributed by atoms with Crippen molar-refractivity contribution >= 4 is 34.8 Å². The Morgan fingerprint density at radius 2 is 1.69 bits per heavy atom. The molecule has 0 bridgehead atoms. The van der Waals surface area contributed by atoms with Gasteiger partial charge in [-0.3, -0.25) is 9.59 Å². The summed E-state index contributed by atoms with van der Waals surface area (Å²) in [6, 6.07) is 14.4. The molecule has 3 rings (SSSR count). The first-order chi connectivity index (χ1) is 14.0. The summed E-state index contributed by atoms with van der Waals surface area (Å²) in [6.45, 7) is 8.28. The smallest absolute Gasteiger partial charge is 0.272 e. The maximum atomic E-state index is 13.3. The Bertz CT molecular complexity index is 934. The number of nitrogens with zero attached hydrogens (tertiary/aromatic N) is 1. The van der Waals surface area contributed by atoms with Crippen molar-refractivity contribution in [3.63, 3.8) is 0 Å². The highest BCUT2D eigenvalue weighted by atomic mass is 32.2. The normalized spacial score (nSPS) is 14.2. The lowest BCUT2D eigenvalue weighted by molar-refractivity contribution is -0.119. The van der Waals surface area contributed by atoms with Crippen LogP contribution < -0.4 is 14.4 Å². The fraction of sp³-hybridized carbons (Fsp3) is 0.304. The van der Waals surface area contributed by atoms with Gasteiger partial charge in [-0.25, -0.2) is 4.90 Å². The first-order valence-corrected chi connectivity index (χ1v) is 10.7. The van der Waals surface area contributed by atoms with Gasteiger partial charge >= 0.3 is 0 Å². The summed E-state index contributed by atoms with van der Waals surface area (Å²) in [5.74, 6) is 1.43. The minimum atomic E-state index is -0.322. The molecule has 1 aliphatic heterocycles. The highest BCUT2D eigenvalue weighted by Gasteiger charge is 2.40. The van der Waals surface area contributed by atoms with E-state index in [1.165, 1.54) is 16.7 Å². The van der Waals surface area contributed by atoms with E-state index in [4.69, 9.17) is 9.47 Å². The zero-order valence-corrected chi connectivity index (χ0v) is 17.9. The summed E-state index contributed by atoms with van der Waals surface area (Å²) in [5.41, 5.74) is 1.65. The second kappa shape index (κ2) is 9.18. The van der Waals surface area contributed by atoms with Crippen molar-refractivity contribution in [2.24, 2.45) is 0 Å². The zero-order valence-electron chi connectivity index (χ0n) is 17.1. The van der Waals surface area contributed by atoms with Gasteiger partial charge in [-0.05, 0) is 56.4 Å². The molecule has 0 aromatic heterocycles. The Labute approximate surface area is 175 Å². The molecule has 2 aromatic rings. The van der Waals surface area contributed by atoms with Gasteiger partial charge in [-0.1, -0.05) is 25.1 Å². The summed E-state index contributed by atoms with van der Waals surface area (Å²) in [6.07, 6.45) is 0.0640. The predicted molar refractivity (Wildman–Crippen MR) is 117 cm³/mol. The molecule has 152 valence electrons. The maximum absolute atomic E-state index is 13.3. The fourth-order valence-corrected chi connectivity index (χ4v) is 3.98. The summed E-state index contributed by atoms with van der Waals surface area (Å²) in [7, 11) is 0. The van der Waals surface area contributed by atoms with Gasteiger partial charge < -0.3 is 9.47 Å². The highest BCUT2D eigenvalue weighted by Crippen LogP contribution is 2.39. The predicted octanol–water partition coefficient (Wildman–Crippen LogP) is 4.91. The molecular weight excluding hydrogens is 386 g/mol. The maximum Gasteiger partial charge on any atom is 0.272 e. The lowest BCUT2D eigenvalue weighted by Crippen LogP contribution is -2.31. The quantitative estimate of drug-likeness (QED) is 0.578. The third-order valence-corrected chi connectivity index (χ3v) is 5.19. The summed E-state index contributed by atoms with van der Waals surface area (Å²) in [5, 5.41) is 0. The molecule has 0 atom stereocenters. The number of hydrogen-bond donors (Lipinski definition) is 0. The molecule has 2 amide bonds. The number of anilines is 1. The van der Waals surface area contributed by atoms with Gasteiger partial charge in [0.25, 0.3) is 11.8 Å². The lowest BCUT2D eigenvalue weighted by atomic mass is 10.1. The Balaban J connectivity index is 1.98. The van der Waals surface area contributed by atoms with Crippen LogP contribution in [0.5, 0.6) is 11.5 Å². The van der Waals surface area contributed by atoms with Crippen LogP contribution in [-0.2, 0) is 9.59 Å². The third-order valence-electron chi connectivity index (χ3n) is 4.23. The SMILES string of the molecule is CCOc1cccc(N2C(=O)C(SCC)=C(c3ccc(OC(C)C)cc3)C2=O)c1. The van der Waals surface area contributed by atoms with Gasteiger partial charge in [0.05, 0.1) is 28.9 Å². The summed E-state index contributed by atoms with van der Waals surface area (Å²) < 4.78 is 11.2. The number of benzene rings is 2. The van der Waals surface area contributed by atoms with Crippen molar-refractivity contribution in [3.05, 3.63) is 59.0 Å². The van der Waals surface area contributed by atoms with Crippen LogP contribution in [-0.4, -0.2) is 30.3 Å². The van der Waals surface area contributed by atoms with Gasteiger partial charge in [-0.15, -0.1) is 11.8 Å². The van der Waals surface area contributed by atoms with Crippen LogP contribution in [0.15, 0.2) is 53.4 Å². The van der Waals surface area contributed by atoms with E-state index >= 15 is 0 Å². The van der Waals surface area contributed by atoms with E-state index in [1.807, 2.05) is 58.0 Å². The third kappa shape index (κ3) is 4.48. The Morgan fingerprint density at radius 3 is 2.31 bits per heavy atom. The molecule has 5 nitrogen and oxygen atoms in total. The summed E-state index contributed by atoms with van der Waals surface area (Å²) >= 11 is 1.39. The molecule has 0 N–H and O–H groups in total.